The van der Waals surface area contributed by atoms with E-state index in [-0.39, 0.29) is 11.7 Å². The third kappa shape index (κ3) is 4.48. The quantitative estimate of drug-likeness (QED) is 0.269. The summed E-state index contributed by atoms with van der Waals surface area (Å²) in [6, 6.07) is 13.5. The molecule has 7 nitrogen and oxygen atoms in total. The van der Waals surface area contributed by atoms with Gasteiger partial charge in [0, 0.05) is 29.4 Å². The zero-order valence-electron chi connectivity index (χ0n) is 19.5. The molecule has 1 aliphatic rings. The molecular formula is C26H27N3O4S. The van der Waals surface area contributed by atoms with Gasteiger partial charge in [-0.15, -0.1) is 10.2 Å². The van der Waals surface area contributed by atoms with E-state index in [4.69, 9.17) is 13.9 Å². The largest absolute Gasteiger partial charge is 0.497 e. The second-order valence-electron chi connectivity index (χ2n) is 8.54. The van der Waals surface area contributed by atoms with Crippen LogP contribution in [0.15, 0.2) is 56.8 Å². The maximum atomic E-state index is 12.3. The van der Waals surface area contributed by atoms with E-state index >= 15 is 0 Å². The topological polar surface area (TPSA) is 79.4 Å². The minimum absolute atomic E-state index is 0.141. The second-order valence-corrected chi connectivity index (χ2v) is 9.49. The Balaban J connectivity index is 1.48. The number of hydrogen-bond donors (Lipinski definition) is 0. The van der Waals surface area contributed by atoms with Crippen LogP contribution in [0, 0.1) is 13.8 Å². The van der Waals surface area contributed by atoms with Crippen LogP contribution in [0.4, 0.5) is 0 Å². The van der Waals surface area contributed by atoms with Gasteiger partial charge in [-0.1, -0.05) is 23.9 Å². The predicted octanol–water partition coefficient (Wildman–Crippen LogP) is 5.15. The van der Waals surface area contributed by atoms with Gasteiger partial charge in [0.2, 0.25) is 0 Å². The van der Waals surface area contributed by atoms with Crippen molar-refractivity contribution in [2.24, 2.45) is 0 Å². The smallest absolute Gasteiger partial charge is 0.336 e. The van der Waals surface area contributed by atoms with Crippen LogP contribution in [0.2, 0.25) is 0 Å². The molecular weight excluding hydrogens is 450 g/mol. The first-order valence-corrected chi connectivity index (χ1v) is 12.4. The predicted molar refractivity (Wildman–Crippen MR) is 133 cm³/mol. The van der Waals surface area contributed by atoms with Crippen LogP contribution in [0.3, 0.4) is 0 Å². The number of thioether (sulfide) groups is 1. The van der Waals surface area contributed by atoms with Crippen LogP contribution >= 0.6 is 11.8 Å². The van der Waals surface area contributed by atoms with Crippen molar-refractivity contribution in [3.63, 3.8) is 0 Å². The van der Waals surface area contributed by atoms with Crippen molar-refractivity contribution in [2.45, 2.75) is 50.2 Å². The lowest BCUT2D eigenvalue weighted by molar-refractivity contribution is 0.0953. The number of benzene rings is 2. The van der Waals surface area contributed by atoms with Crippen LogP contribution in [0.25, 0.3) is 22.4 Å². The van der Waals surface area contributed by atoms with E-state index in [0.29, 0.717) is 17.9 Å². The van der Waals surface area contributed by atoms with Gasteiger partial charge >= 0.3 is 5.63 Å². The monoisotopic (exact) mass is 477 g/mol. The second kappa shape index (κ2) is 9.64. The number of aryl methyl sites for hydroxylation is 2. The van der Waals surface area contributed by atoms with Crippen molar-refractivity contribution in [1.82, 2.24) is 14.8 Å². The lowest BCUT2D eigenvalue weighted by Gasteiger charge is -2.15. The number of methoxy groups -OCH3 is 1. The summed E-state index contributed by atoms with van der Waals surface area (Å²) in [5.41, 5.74) is 4.30. The van der Waals surface area contributed by atoms with Crippen LogP contribution < -0.4 is 10.4 Å². The average Bonchev–Trinajstić information content (AvgIpc) is 3.51. The van der Waals surface area contributed by atoms with Crippen molar-refractivity contribution in [2.75, 3.05) is 13.7 Å². The van der Waals surface area contributed by atoms with Gasteiger partial charge in [0.25, 0.3) is 0 Å². The first-order chi connectivity index (χ1) is 16.5. The van der Waals surface area contributed by atoms with Crippen LogP contribution in [0.5, 0.6) is 5.75 Å². The highest BCUT2D eigenvalue weighted by molar-refractivity contribution is 7.98. The number of rotatable bonds is 7. The maximum Gasteiger partial charge on any atom is 0.336 e. The molecule has 0 unspecified atom stereocenters. The van der Waals surface area contributed by atoms with Gasteiger partial charge in [-0.25, -0.2) is 4.79 Å². The Labute approximate surface area is 202 Å². The fourth-order valence-electron chi connectivity index (χ4n) is 4.29. The van der Waals surface area contributed by atoms with E-state index in [1.807, 2.05) is 44.2 Å². The normalized spacial score (nSPS) is 15.8. The van der Waals surface area contributed by atoms with Crippen LogP contribution in [-0.2, 0) is 17.0 Å². The Bertz CT molecular complexity index is 1370. The summed E-state index contributed by atoms with van der Waals surface area (Å²) in [5.74, 6) is 2.17. The molecule has 5 rings (SSSR count). The summed E-state index contributed by atoms with van der Waals surface area (Å²) >= 11 is 1.57. The molecule has 176 valence electrons. The molecule has 34 heavy (non-hydrogen) atoms. The maximum absolute atomic E-state index is 12.3. The molecule has 1 aliphatic heterocycles. The molecule has 1 saturated heterocycles. The van der Waals surface area contributed by atoms with E-state index in [2.05, 4.69) is 20.8 Å². The molecule has 1 fully saturated rings. The van der Waals surface area contributed by atoms with E-state index in [0.717, 1.165) is 63.8 Å². The van der Waals surface area contributed by atoms with Gasteiger partial charge < -0.3 is 13.9 Å². The van der Waals surface area contributed by atoms with Gasteiger partial charge in [0.1, 0.15) is 11.3 Å². The first kappa shape index (κ1) is 22.7. The highest BCUT2D eigenvalue weighted by atomic mass is 32.2. The molecule has 4 aromatic rings. The van der Waals surface area contributed by atoms with Crippen molar-refractivity contribution in [3.05, 3.63) is 69.6 Å². The molecule has 0 saturated carbocycles. The number of aromatic nitrogens is 3. The van der Waals surface area contributed by atoms with Gasteiger partial charge in [0.15, 0.2) is 11.0 Å². The molecule has 0 spiro atoms. The minimum Gasteiger partial charge on any atom is -0.497 e. The number of fused-ring (bicyclic) bond motifs is 1. The van der Waals surface area contributed by atoms with E-state index < -0.39 is 0 Å². The molecule has 0 N–H and O–H groups in total. The van der Waals surface area contributed by atoms with Crippen molar-refractivity contribution < 1.29 is 13.9 Å². The number of ether oxygens (including phenoxy) is 2. The van der Waals surface area contributed by atoms with Gasteiger partial charge in [-0.05, 0) is 67.6 Å². The Hall–Kier alpha value is -3.10. The van der Waals surface area contributed by atoms with Gasteiger partial charge in [-0.3, -0.25) is 4.57 Å². The summed E-state index contributed by atoms with van der Waals surface area (Å²) in [6.07, 6.45) is 2.23. The van der Waals surface area contributed by atoms with Crippen molar-refractivity contribution >= 4 is 22.7 Å². The first-order valence-electron chi connectivity index (χ1n) is 11.4. The summed E-state index contributed by atoms with van der Waals surface area (Å²) < 4.78 is 18.9. The molecule has 0 bridgehead atoms. The van der Waals surface area contributed by atoms with Gasteiger partial charge in [-0.2, -0.15) is 0 Å². The van der Waals surface area contributed by atoms with Gasteiger partial charge in [0.05, 0.1) is 19.8 Å². The fourth-order valence-corrected chi connectivity index (χ4v) is 5.23. The number of nitrogens with zero attached hydrogens (tertiary/aromatic N) is 3. The lowest BCUT2D eigenvalue weighted by atomic mass is 10.0. The molecule has 0 radical (unpaired) electrons. The average molecular weight is 478 g/mol. The SMILES string of the molecule is COc1ccc(-c2nnc(SCc3cc(=O)oc4c(C)c(C)ccc34)n2C[C@@H]2CCCO2)cc1. The summed E-state index contributed by atoms with van der Waals surface area (Å²) in [7, 11) is 1.65. The molecule has 3 heterocycles. The van der Waals surface area contributed by atoms with E-state index in [9.17, 15) is 4.79 Å². The molecule has 8 heteroatoms. The minimum atomic E-state index is -0.337. The molecule has 2 aromatic carbocycles. The van der Waals surface area contributed by atoms with E-state index in [1.54, 1.807) is 24.9 Å². The van der Waals surface area contributed by atoms with Crippen molar-refractivity contribution in [1.29, 1.82) is 0 Å². The zero-order chi connectivity index (χ0) is 23.7. The van der Waals surface area contributed by atoms with Crippen LogP contribution in [0.1, 0.15) is 29.5 Å². The standard InChI is InChI=1S/C26H27N3O4S/c1-16-6-11-22-19(13-23(30)33-24(22)17(16)2)15-34-26-28-27-25(18-7-9-20(31-3)10-8-18)29(26)14-21-5-4-12-32-21/h6-11,13,21H,4-5,12,14-15H2,1-3H3/t21-/m0/s1. The highest BCUT2D eigenvalue weighted by Crippen LogP contribution is 2.31. The third-order valence-corrected chi connectivity index (χ3v) is 7.37. The highest BCUT2D eigenvalue weighted by Gasteiger charge is 2.22. The lowest BCUT2D eigenvalue weighted by Crippen LogP contribution is -2.16. The Morgan fingerprint density at radius 3 is 2.71 bits per heavy atom. The van der Waals surface area contributed by atoms with Crippen LogP contribution in [-0.4, -0.2) is 34.6 Å². The molecule has 1 atom stereocenters. The zero-order valence-corrected chi connectivity index (χ0v) is 20.4. The molecule has 0 aliphatic carbocycles. The Kier molecular flexibility index (Phi) is 6.43. The number of hydrogen-bond acceptors (Lipinski definition) is 7. The molecule has 0 amide bonds. The Morgan fingerprint density at radius 2 is 1.97 bits per heavy atom. The summed E-state index contributed by atoms with van der Waals surface area (Å²) in [6.45, 7) is 5.48. The summed E-state index contributed by atoms with van der Waals surface area (Å²) in [4.78, 5) is 12.3. The fraction of sp³-hybridized carbons (Fsp3) is 0.346. The summed E-state index contributed by atoms with van der Waals surface area (Å²) in [5, 5.41) is 10.8. The molecule has 2 aromatic heterocycles. The van der Waals surface area contributed by atoms with Crippen molar-refractivity contribution in [3.8, 4) is 17.1 Å². The Morgan fingerprint density at radius 1 is 1.15 bits per heavy atom. The van der Waals surface area contributed by atoms with E-state index in [1.165, 1.54) is 0 Å². The third-order valence-electron chi connectivity index (χ3n) is 6.35.